The molecule has 84 valence electrons. The van der Waals surface area contributed by atoms with Gasteiger partial charge in [-0.05, 0) is 18.6 Å². The smallest absolute Gasteiger partial charge is 0.149 e. The maximum Gasteiger partial charge on any atom is 0.149 e. The van der Waals surface area contributed by atoms with Gasteiger partial charge in [0.15, 0.2) is 0 Å². The van der Waals surface area contributed by atoms with E-state index >= 15 is 0 Å². The largest absolute Gasteiger partial charge is 0.396 e. The molecule has 0 unspecified atom stereocenters. The van der Waals surface area contributed by atoms with Gasteiger partial charge in [-0.3, -0.25) is 0 Å². The average Bonchev–Trinajstić information content (AvgIpc) is 2.22. The van der Waals surface area contributed by atoms with Crippen LogP contribution in [-0.4, -0.2) is 18.6 Å². The maximum absolute atomic E-state index is 5.65. The summed E-state index contributed by atoms with van der Waals surface area (Å²) in [6.45, 7) is 3.20. The summed E-state index contributed by atoms with van der Waals surface area (Å²) in [6, 6.07) is 3.70. The zero-order chi connectivity index (χ0) is 11.3. The van der Waals surface area contributed by atoms with Gasteiger partial charge in [-0.15, -0.1) is 0 Å². The number of hydrogen-bond acceptors (Lipinski definition) is 4. The van der Waals surface area contributed by atoms with Crippen LogP contribution in [-0.2, 0) is 0 Å². The van der Waals surface area contributed by atoms with Gasteiger partial charge in [0.25, 0.3) is 0 Å². The second-order valence-electron chi connectivity index (χ2n) is 3.77. The standard InChI is InChI=1S/C11H20N4/c1-3-4-5-8-15(2)10-7-6-9(12)11(13)14-10/h6-7H,3-5,8,12H2,1-2H3,(H2,13,14). The van der Waals surface area contributed by atoms with Crippen molar-refractivity contribution in [1.29, 1.82) is 0 Å². The number of nitrogens with two attached hydrogens (primary N) is 2. The van der Waals surface area contributed by atoms with Crippen LogP contribution in [0.4, 0.5) is 17.3 Å². The molecule has 0 fully saturated rings. The summed E-state index contributed by atoms with van der Waals surface area (Å²) in [7, 11) is 2.02. The minimum atomic E-state index is 0.412. The molecule has 0 aliphatic carbocycles. The Balaban J connectivity index is 2.57. The van der Waals surface area contributed by atoms with E-state index < -0.39 is 0 Å². The Labute approximate surface area is 91.3 Å². The van der Waals surface area contributed by atoms with Crippen molar-refractivity contribution in [1.82, 2.24) is 4.98 Å². The zero-order valence-electron chi connectivity index (χ0n) is 9.53. The number of unbranched alkanes of at least 4 members (excludes halogenated alkanes) is 2. The first-order valence-corrected chi connectivity index (χ1v) is 5.38. The van der Waals surface area contributed by atoms with Crippen molar-refractivity contribution >= 4 is 17.3 Å². The van der Waals surface area contributed by atoms with E-state index in [4.69, 9.17) is 11.5 Å². The van der Waals surface area contributed by atoms with Crippen molar-refractivity contribution in [3.63, 3.8) is 0 Å². The molecule has 1 aromatic rings. The Hall–Kier alpha value is -1.45. The van der Waals surface area contributed by atoms with Gasteiger partial charge in [-0.2, -0.15) is 0 Å². The molecule has 1 heterocycles. The third-order valence-electron chi connectivity index (χ3n) is 2.43. The molecular weight excluding hydrogens is 188 g/mol. The molecule has 0 aliphatic heterocycles. The molecule has 0 aromatic carbocycles. The van der Waals surface area contributed by atoms with Gasteiger partial charge in [0.1, 0.15) is 11.6 Å². The molecule has 0 saturated heterocycles. The SMILES string of the molecule is CCCCCN(C)c1ccc(N)c(N)n1. The van der Waals surface area contributed by atoms with E-state index in [-0.39, 0.29) is 0 Å². The summed E-state index contributed by atoms with van der Waals surface area (Å²) in [4.78, 5) is 6.33. The Morgan fingerprint density at radius 1 is 1.27 bits per heavy atom. The second-order valence-corrected chi connectivity index (χ2v) is 3.77. The van der Waals surface area contributed by atoms with Crippen LogP contribution in [0.5, 0.6) is 0 Å². The van der Waals surface area contributed by atoms with Gasteiger partial charge in [0.2, 0.25) is 0 Å². The minimum Gasteiger partial charge on any atom is -0.396 e. The van der Waals surface area contributed by atoms with E-state index in [1.54, 1.807) is 6.07 Å². The number of nitrogens with zero attached hydrogens (tertiary/aromatic N) is 2. The second kappa shape index (κ2) is 5.44. The topological polar surface area (TPSA) is 68.2 Å². The number of pyridine rings is 1. The predicted molar refractivity (Wildman–Crippen MR) is 65.9 cm³/mol. The first-order chi connectivity index (χ1) is 7.15. The van der Waals surface area contributed by atoms with Crippen molar-refractivity contribution in [2.45, 2.75) is 26.2 Å². The van der Waals surface area contributed by atoms with Crippen molar-refractivity contribution in [3.8, 4) is 0 Å². The summed E-state index contributed by atoms with van der Waals surface area (Å²) >= 11 is 0. The summed E-state index contributed by atoms with van der Waals surface area (Å²) in [6.07, 6.45) is 3.65. The van der Waals surface area contributed by atoms with Crippen molar-refractivity contribution in [2.75, 3.05) is 30.0 Å². The minimum absolute atomic E-state index is 0.412. The maximum atomic E-state index is 5.65. The summed E-state index contributed by atoms with van der Waals surface area (Å²) in [5.41, 5.74) is 11.8. The predicted octanol–water partition coefficient (Wildman–Crippen LogP) is 1.87. The zero-order valence-corrected chi connectivity index (χ0v) is 9.53. The molecule has 0 atom stereocenters. The molecule has 4 heteroatoms. The van der Waals surface area contributed by atoms with Crippen molar-refractivity contribution < 1.29 is 0 Å². The van der Waals surface area contributed by atoms with Crippen LogP contribution in [0.1, 0.15) is 26.2 Å². The van der Waals surface area contributed by atoms with Crippen LogP contribution in [0, 0.1) is 0 Å². The molecule has 4 N–H and O–H groups in total. The number of anilines is 3. The fourth-order valence-electron chi connectivity index (χ4n) is 1.40. The lowest BCUT2D eigenvalue weighted by Gasteiger charge is -2.18. The van der Waals surface area contributed by atoms with Crippen LogP contribution in [0.3, 0.4) is 0 Å². The fraction of sp³-hybridized carbons (Fsp3) is 0.545. The lowest BCUT2D eigenvalue weighted by atomic mass is 10.2. The van der Waals surface area contributed by atoms with Crippen molar-refractivity contribution in [3.05, 3.63) is 12.1 Å². The van der Waals surface area contributed by atoms with Crippen LogP contribution in [0.2, 0.25) is 0 Å². The third-order valence-corrected chi connectivity index (χ3v) is 2.43. The molecule has 0 radical (unpaired) electrons. The Kier molecular flexibility index (Phi) is 4.21. The van der Waals surface area contributed by atoms with Gasteiger partial charge in [0.05, 0.1) is 5.69 Å². The molecule has 15 heavy (non-hydrogen) atoms. The number of hydrogen-bond donors (Lipinski definition) is 2. The van der Waals surface area contributed by atoms with E-state index in [0.29, 0.717) is 11.5 Å². The Morgan fingerprint density at radius 3 is 2.60 bits per heavy atom. The lowest BCUT2D eigenvalue weighted by molar-refractivity contribution is 0.701. The molecular formula is C11H20N4. The molecule has 0 saturated carbocycles. The van der Waals surface area contributed by atoms with E-state index in [1.807, 2.05) is 13.1 Å². The first-order valence-electron chi connectivity index (χ1n) is 5.38. The van der Waals surface area contributed by atoms with Crippen LogP contribution >= 0.6 is 0 Å². The molecule has 0 amide bonds. The molecule has 0 aliphatic rings. The third kappa shape index (κ3) is 3.31. The lowest BCUT2D eigenvalue weighted by Crippen LogP contribution is -2.20. The normalized spacial score (nSPS) is 10.3. The number of aromatic nitrogens is 1. The highest BCUT2D eigenvalue weighted by atomic mass is 15.2. The Bertz CT molecular complexity index is 311. The molecule has 1 rings (SSSR count). The molecule has 1 aromatic heterocycles. The molecule has 0 bridgehead atoms. The fourth-order valence-corrected chi connectivity index (χ4v) is 1.40. The van der Waals surface area contributed by atoms with Crippen molar-refractivity contribution in [2.24, 2.45) is 0 Å². The van der Waals surface area contributed by atoms with Gasteiger partial charge in [0, 0.05) is 13.6 Å². The van der Waals surface area contributed by atoms with Gasteiger partial charge in [-0.1, -0.05) is 19.8 Å². The highest BCUT2D eigenvalue weighted by Gasteiger charge is 2.03. The molecule has 4 nitrogen and oxygen atoms in total. The number of rotatable bonds is 5. The van der Waals surface area contributed by atoms with E-state index in [0.717, 1.165) is 12.4 Å². The van der Waals surface area contributed by atoms with Gasteiger partial charge >= 0.3 is 0 Å². The van der Waals surface area contributed by atoms with E-state index in [2.05, 4.69) is 16.8 Å². The van der Waals surface area contributed by atoms with Crippen LogP contribution in [0.15, 0.2) is 12.1 Å². The summed E-state index contributed by atoms with van der Waals surface area (Å²) < 4.78 is 0. The van der Waals surface area contributed by atoms with E-state index in [9.17, 15) is 0 Å². The highest BCUT2D eigenvalue weighted by Crippen LogP contribution is 2.17. The quantitative estimate of drug-likeness (QED) is 0.725. The van der Waals surface area contributed by atoms with Crippen LogP contribution in [0.25, 0.3) is 0 Å². The first kappa shape index (κ1) is 11.6. The van der Waals surface area contributed by atoms with Gasteiger partial charge < -0.3 is 16.4 Å². The highest BCUT2D eigenvalue weighted by molar-refractivity contribution is 5.61. The summed E-state index contributed by atoms with van der Waals surface area (Å²) in [5.74, 6) is 1.30. The van der Waals surface area contributed by atoms with E-state index in [1.165, 1.54) is 19.3 Å². The van der Waals surface area contributed by atoms with Crippen LogP contribution < -0.4 is 16.4 Å². The Morgan fingerprint density at radius 2 is 2.00 bits per heavy atom. The monoisotopic (exact) mass is 208 g/mol. The molecule has 0 spiro atoms. The average molecular weight is 208 g/mol. The number of nitrogen functional groups attached to an aromatic ring is 2. The summed E-state index contributed by atoms with van der Waals surface area (Å²) in [5, 5.41) is 0. The van der Waals surface area contributed by atoms with Gasteiger partial charge in [-0.25, -0.2) is 4.98 Å².